The zero-order valence-corrected chi connectivity index (χ0v) is 14.3. The lowest BCUT2D eigenvalue weighted by atomic mass is 9.94. The summed E-state index contributed by atoms with van der Waals surface area (Å²) in [5, 5.41) is 7.82. The Morgan fingerprint density at radius 3 is 2.84 bits per heavy atom. The molecular weight excluding hydrogens is 318 g/mol. The molecule has 2 aromatic heterocycles. The van der Waals surface area contributed by atoms with E-state index < -0.39 is 0 Å². The van der Waals surface area contributed by atoms with Crippen molar-refractivity contribution in [3.8, 4) is 11.4 Å². The topological polar surface area (TPSA) is 82.0 Å². The van der Waals surface area contributed by atoms with Crippen molar-refractivity contribution in [2.45, 2.75) is 45.4 Å². The molecule has 0 unspecified atom stereocenters. The molecular formula is C19H19N3O3. The molecule has 1 aliphatic rings. The van der Waals surface area contributed by atoms with Crippen LogP contribution in [0.5, 0.6) is 0 Å². The molecule has 0 bridgehead atoms. The standard InChI is InChI=1S/C19H19N3O3/c1-3-18-20-19(22-25-18)14-6-7-15-12(9-14)4-5-13(15)10-16(23)17-8-11(2)21-24-17/h6-9,13H,3-5,10H2,1-2H3/t13-/m0/s1. The minimum absolute atomic E-state index is 0.00767. The molecule has 6 nitrogen and oxygen atoms in total. The summed E-state index contributed by atoms with van der Waals surface area (Å²) in [6.07, 6.45) is 3.09. The summed E-state index contributed by atoms with van der Waals surface area (Å²) in [4.78, 5) is 16.8. The van der Waals surface area contributed by atoms with Crippen LogP contribution in [0.3, 0.4) is 0 Å². The largest absolute Gasteiger partial charge is 0.353 e. The van der Waals surface area contributed by atoms with E-state index in [2.05, 4.69) is 27.4 Å². The molecule has 4 rings (SSSR count). The predicted octanol–water partition coefficient (Wildman–Crippen LogP) is 3.90. The number of carbonyl (C=O) groups excluding carboxylic acids is 1. The Balaban J connectivity index is 1.54. The van der Waals surface area contributed by atoms with Gasteiger partial charge in [-0.2, -0.15) is 4.98 Å². The number of Topliss-reactive ketones (excluding diaryl/α,β-unsaturated/α-hetero) is 1. The van der Waals surface area contributed by atoms with Crippen molar-refractivity contribution >= 4 is 5.78 Å². The van der Waals surface area contributed by atoms with Crippen molar-refractivity contribution in [1.82, 2.24) is 15.3 Å². The molecule has 0 aliphatic heterocycles. The Kier molecular flexibility index (Phi) is 3.95. The smallest absolute Gasteiger partial charge is 0.226 e. The summed E-state index contributed by atoms with van der Waals surface area (Å²) >= 11 is 0. The monoisotopic (exact) mass is 337 g/mol. The number of nitrogens with zero attached hydrogens (tertiary/aromatic N) is 3. The Labute approximate surface area is 145 Å². The van der Waals surface area contributed by atoms with Crippen molar-refractivity contribution in [3.05, 3.63) is 52.7 Å². The van der Waals surface area contributed by atoms with Crippen LogP contribution in [0, 0.1) is 6.92 Å². The van der Waals surface area contributed by atoms with Crippen LogP contribution >= 0.6 is 0 Å². The third-order valence-electron chi connectivity index (χ3n) is 4.71. The zero-order valence-electron chi connectivity index (χ0n) is 14.3. The lowest BCUT2D eigenvalue weighted by Gasteiger charge is -2.10. The van der Waals surface area contributed by atoms with Crippen LogP contribution in [-0.4, -0.2) is 21.1 Å². The van der Waals surface area contributed by atoms with Crippen molar-refractivity contribution in [1.29, 1.82) is 0 Å². The van der Waals surface area contributed by atoms with Gasteiger partial charge in [0.15, 0.2) is 0 Å². The van der Waals surface area contributed by atoms with E-state index in [1.807, 2.05) is 19.9 Å². The van der Waals surface area contributed by atoms with Gasteiger partial charge in [-0.15, -0.1) is 0 Å². The first-order valence-electron chi connectivity index (χ1n) is 8.56. The lowest BCUT2D eigenvalue weighted by Crippen LogP contribution is -2.04. The number of aromatic nitrogens is 3. The molecule has 0 amide bonds. The molecule has 0 fully saturated rings. The van der Waals surface area contributed by atoms with E-state index in [-0.39, 0.29) is 11.7 Å². The highest BCUT2D eigenvalue weighted by atomic mass is 16.5. The first kappa shape index (κ1) is 15.7. The molecule has 0 radical (unpaired) electrons. The number of carbonyl (C=O) groups is 1. The molecule has 25 heavy (non-hydrogen) atoms. The summed E-state index contributed by atoms with van der Waals surface area (Å²) in [5.41, 5.74) is 4.17. The maximum Gasteiger partial charge on any atom is 0.226 e. The van der Waals surface area contributed by atoms with Gasteiger partial charge in [-0.05, 0) is 42.9 Å². The van der Waals surface area contributed by atoms with Gasteiger partial charge in [0.1, 0.15) is 0 Å². The average molecular weight is 337 g/mol. The molecule has 2 heterocycles. The van der Waals surface area contributed by atoms with Crippen molar-refractivity contribution in [3.63, 3.8) is 0 Å². The number of rotatable bonds is 5. The molecule has 1 aliphatic carbocycles. The van der Waals surface area contributed by atoms with Gasteiger partial charge in [-0.25, -0.2) is 0 Å². The molecule has 0 spiro atoms. The summed E-state index contributed by atoms with van der Waals surface area (Å²) < 4.78 is 10.3. The highest BCUT2D eigenvalue weighted by molar-refractivity contribution is 5.94. The minimum Gasteiger partial charge on any atom is -0.353 e. The fraction of sp³-hybridized carbons (Fsp3) is 0.368. The van der Waals surface area contributed by atoms with Crippen molar-refractivity contribution < 1.29 is 13.8 Å². The van der Waals surface area contributed by atoms with Crippen LogP contribution in [0.25, 0.3) is 11.4 Å². The number of benzene rings is 1. The Morgan fingerprint density at radius 2 is 2.12 bits per heavy atom. The van der Waals surface area contributed by atoms with Gasteiger partial charge >= 0.3 is 0 Å². The first-order chi connectivity index (χ1) is 12.1. The summed E-state index contributed by atoms with van der Waals surface area (Å²) in [7, 11) is 0. The van der Waals surface area contributed by atoms with Crippen molar-refractivity contribution in [2.75, 3.05) is 0 Å². The maximum atomic E-state index is 12.4. The van der Waals surface area contributed by atoms with E-state index in [1.54, 1.807) is 6.07 Å². The van der Waals surface area contributed by atoms with Gasteiger partial charge in [0.05, 0.1) is 5.69 Å². The van der Waals surface area contributed by atoms with E-state index in [0.717, 1.165) is 30.5 Å². The quantitative estimate of drug-likeness (QED) is 0.657. The zero-order chi connectivity index (χ0) is 17.4. The van der Waals surface area contributed by atoms with Crippen LogP contribution in [0.1, 0.15) is 58.9 Å². The molecule has 128 valence electrons. The van der Waals surface area contributed by atoms with E-state index in [0.29, 0.717) is 23.9 Å². The predicted molar refractivity (Wildman–Crippen MR) is 90.4 cm³/mol. The Morgan fingerprint density at radius 1 is 1.24 bits per heavy atom. The fourth-order valence-electron chi connectivity index (χ4n) is 3.39. The second kappa shape index (κ2) is 6.27. The van der Waals surface area contributed by atoms with Gasteiger partial charge in [-0.1, -0.05) is 29.4 Å². The highest BCUT2D eigenvalue weighted by Gasteiger charge is 2.27. The van der Waals surface area contributed by atoms with Crippen LogP contribution in [-0.2, 0) is 12.8 Å². The molecule has 1 atom stereocenters. The summed E-state index contributed by atoms with van der Waals surface area (Å²) in [6.45, 7) is 3.80. The number of hydrogen-bond acceptors (Lipinski definition) is 6. The SMILES string of the molecule is CCc1nc(-c2ccc3c(c2)CC[C@H]3CC(=O)c2cc(C)no2)no1. The van der Waals surface area contributed by atoms with Crippen LogP contribution in [0.15, 0.2) is 33.3 Å². The molecule has 3 aromatic rings. The third kappa shape index (κ3) is 2.99. The van der Waals surface area contributed by atoms with Crippen molar-refractivity contribution in [2.24, 2.45) is 0 Å². The highest BCUT2D eigenvalue weighted by Crippen LogP contribution is 2.38. The summed E-state index contributed by atoms with van der Waals surface area (Å²) in [5.74, 6) is 1.84. The summed E-state index contributed by atoms with van der Waals surface area (Å²) in [6, 6.07) is 7.90. The molecule has 0 N–H and O–H groups in total. The number of ketones is 1. The number of fused-ring (bicyclic) bond motifs is 1. The molecule has 0 saturated heterocycles. The number of aryl methyl sites for hydroxylation is 3. The van der Waals surface area contributed by atoms with Crippen LogP contribution in [0.2, 0.25) is 0 Å². The van der Waals surface area contributed by atoms with Crippen LogP contribution in [0.4, 0.5) is 0 Å². The van der Waals surface area contributed by atoms with E-state index in [1.165, 1.54) is 11.1 Å². The maximum absolute atomic E-state index is 12.4. The third-order valence-corrected chi connectivity index (χ3v) is 4.71. The molecule has 1 aromatic carbocycles. The molecule has 6 heteroatoms. The van der Waals surface area contributed by atoms with Gasteiger partial charge in [-0.3, -0.25) is 4.79 Å². The number of hydrogen-bond donors (Lipinski definition) is 0. The Bertz CT molecular complexity index is 926. The van der Waals surface area contributed by atoms with Gasteiger partial charge in [0, 0.05) is 24.5 Å². The fourth-order valence-corrected chi connectivity index (χ4v) is 3.39. The lowest BCUT2D eigenvalue weighted by molar-refractivity contribution is 0.0937. The van der Waals surface area contributed by atoms with Crippen LogP contribution < -0.4 is 0 Å². The molecule has 0 saturated carbocycles. The second-order valence-corrected chi connectivity index (χ2v) is 6.47. The van der Waals surface area contributed by atoms with E-state index in [9.17, 15) is 4.79 Å². The normalized spacial score (nSPS) is 16.2. The van der Waals surface area contributed by atoms with Gasteiger partial charge in [0.25, 0.3) is 0 Å². The minimum atomic E-state index is 0.00767. The van der Waals surface area contributed by atoms with E-state index >= 15 is 0 Å². The van der Waals surface area contributed by atoms with E-state index in [4.69, 9.17) is 9.05 Å². The Hall–Kier alpha value is -2.76. The first-order valence-corrected chi connectivity index (χ1v) is 8.56. The average Bonchev–Trinajstić information content (AvgIpc) is 3.34. The van der Waals surface area contributed by atoms with Gasteiger partial charge in [0.2, 0.25) is 23.3 Å². The van der Waals surface area contributed by atoms with Gasteiger partial charge < -0.3 is 9.05 Å². The second-order valence-electron chi connectivity index (χ2n) is 6.47.